The highest BCUT2D eigenvalue weighted by Gasteiger charge is 2.29. The summed E-state index contributed by atoms with van der Waals surface area (Å²) in [4.78, 5) is 0. The van der Waals surface area contributed by atoms with Crippen molar-refractivity contribution in [2.75, 3.05) is 18.5 Å². The summed E-state index contributed by atoms with van der Waals surface area (Å²) < 4.78 is 19.3. The fourth-order valence-electron chi connectivity index (χ4n) is 6.08. The fraction of sp³-hybridized carbons (Fsp3) is 0.864. The Morgan fingerprint density at radius 1 is 0.469 bits per heavy atom. The Kier molecular flexibility index (Phi) is 40.4. The molecule has 0 heterocycles. The van der Waals surface area contributed by atoms with Crippen molar-refractivity contribution in [3.05, 3.63) is 36.5 Å². The van der Waals surface area contributed by atoms with Crippen LogP contribution >= 0.6 is 15.9 Å². The lowest BCUT2D eigenvalue weighted by Crippen LogP contribution is -2.40. The van der Waals surface area contributed by atoms with E-state index < -0.39 is 8.56 Å². The lowest BCUT2D eigenvalue weighted by Gasteiger charge is -2.29. The third kappa shape index (κ3) is 40.4. The molecule has 0 aromatic heterocycles. The zero-order valence-corrected chi connectivity index (χ0v) is 36.1. The average Bonchev–Trinajstić information content (AvgIpc) is 3.09. The van der Waals surface area contributed by atoms with Gasteiger partial charge in [0, 0.05) is 18.5 Å². The largest absolute Gasteiger partial charge is 0.394 e. The second-order valence-corrected chi connectivity index (χ2v) is 18.8. The SMILES string of the molecule is CCCCC/C=C\C/C=C\CCCCCCCCOC(CCCCCCC/C=C\CCCCCCCC)O[Si](C)(C)OCCCCCCBr. The molecule has 1 unspecified atom stereocenters. The summed E-state index contributed by atoms with van der Waals surface area (Å²) in [5.41, 5.74) is 0. The predicted octanol–water partition coefficient (Wildman–Crippen LogP) is 15.9. The van der Waals surface area contributed by atoms with E-state index >= 15 is 0 Å². The highest BCUT2D eigenvalue weighted by atomic mass is 79.9. The van der Waals surface area contributed by atoms with E-state index in [-0.39, 0.29) is 6.29 Å². The van der Waals surface area contributed by atoms with Crippen LogP contribution in [0.1, 0.15) is 206 Å². The highest BCUT2D eigenvalue weighted by Crippen LogP contribution is 2.19. The van der Waals surface area contributed by atoms with Crippen LogP contribution in [0.25, 0.3) is 0 Å². The molecule has 3 nitrogen and oxygen atoms in total. The van der Waals surface area contributed by atoms with E-state index in [0.29, 0.717) is 0 Å². The smallest absolute Gasteiger partial charge is 0.333 e. The van der Waals surface area contributed by atoms with Gasteiger partial charge in [-0.2, -0.15) is 0 Å². The summed E-state index contributed by atoms with van der Waals surface area (Å²) in [6.07, 6.45) is 52.5. The van der Waals surface area contributed by atoms with E-state index in [2.05, 4.69) is 79.3 Å². The Bertz CT molecular complexity index is 723. The van der Waals surface area contributed by atoms with Crippen LogP contribution in [0, 0.1) is 0 Å². The molecular weight excluding hydrogens is 684 g/mol. The first-order valence-electron chi connectivity index (χ1n) is 21.5. The molecule has 0 aromatic carbocycles. The zero-order valence-electron chi connectivity index (χ0n) is 33.5. The van der Waals surface area contributed by atoms with Crippen molar-refractivity contribution >= 4 is 24.5 Å². The summed E-state index contributed by atoms with van der Waals surface area (Å²) in [5.74, 6) is 0. The van der Waals surface area contributed by atoms with Gasteiger partial charge in [0.25, 0.3) is 0 Å². The quantitative estimate of drug-likeness (QED) is 0.0204. The van der Waals surface area contributed by atoms with E-state index in [1.54, 1.807) is 0 Å². The van der Waals surface area contributed by atoms with Crippen LogP contribution in [0.3, 0.4) is 0 Å². The Labute approximate surface area is 317 Å². The molecule has 5 heteroatoms. The van der Waals surface area contributed by atoms with Gasteiger partial charge in [-0.05, 0) is 103 Å². The van der Waals surface area contributed by atoms with Crippen molar-refractivity contribution in [3.63, 3.8) is 0 Å². The van der Waals surface area contributed by atoms with Gasteiger partial charge in [-0.3, -0.25) is 0 Å². The first-order chi connectivity index (χ1) is 24.1. The monoisotopic (exact) mass is 769 g/mol. The van der Waals surface area contributed by atoms with Crippen LogP contribution < -0.4 is 0 Å². The normalized spacial score (nSPS) is 13.2. The van der Waals surface area contributed by atoms with Crippen LogP contribution in [-0.4, -0.2) is 33.4 Å². The maximum atomic E-state index is 6.58. The molecule has 0 aliphatic carbocycles. The number of alkyl halides is 1. The molecule has 0 spiro atoms. The van der Waals surface area contributed by atoms with Crippen LogP contribution in [-0.2, 0) is 13.6 Å². The van der Waals surface area contributed by atoms with Gasteiger partial charge in [-0.25, -0.2) is 0 Å². The molecule has 0 aliphatic heterocycles. The van der Waals surface area contributed by atoms with Gasteiger partial charge in [0.05, 0.1) is 0 Å². The summed E-state index contributed by atoms with van der Waals surface area (Å²) >= 11 is 3.53. The molecule has 0 aromatic rings. The van der Waals surface area contributed by atoms with Crippen molar-refractivity contribution in [1.82, 2.24) is 0 Å². The molecule has 1 atom stereocenters. The molecule has 0 fully saturated rings. The van der Waals surface area contributed by atoms with Crippen LogP contribution in [0.4, 0.5) is 0 Å². The van der Waals surface area contributed by atoms with Gasteiger partial charge in [0.2, 0.25) is 0 Å². The number of hydrogen-bond donors (Lipinski definition) is 0. The first kappa shape index (κ1) is 48.8. The second kappa shape index (κ2) is 40.6. The van der Waals surface area contributed by atoms with Gasteiger partial charge in [-0.15, -0.1) is 0 Å². The lowest BCUT2D eigenvalue weighted by molar-refractivity contribution is -0.104. The first-order valence-corrected chi connectivity index (χ1v) is 25.4. The molecule has 0 bridgehead atoms. The Balaban J connectivity index is 4.17. The van der Waals surface area contributed by atoms with Crippen molar-refractivity contribution in [1.29, 1.82) is 0 Å². The minimum atomic E-state index is -2.21. The van der Waals surface area contributed by atoms with Gasteiger partial charge in [0.1, 0.15) is 6.29 Å². The highest BCUT2D eigenvalue weighted by molar-refractivity contribution is 9.09. The molecule has 0 radical (unpaired) electrons. The molecule has 0 saturated carbocycles. The molecule has 290 valence electrons. The van der Waals surface area contributed by atoms with Gasteiger partial charge in [0.15, 0.2) is 0 Å². The second-order valence-electron chi connectivity index (χ2n) is 14.7. The molecule has 0 aliphatic rings. The maximum absolute atomic E-state index is 6.58. The Morgan fingerprint density at radius 3 is 1.43 bits per heavy atom. The topological polar surface area (TPSA) is 27.7 Å². The van der Waals surface area contributed by atoms with Crippen molar-refractivity contribution in [2.24, 2.45) is 0 Å². The van der Waals surface area contributed by atoms with E-state index in [1.165, 1.54) is 167 Å². The molecule has 0 amide bonds. The van der Waals surface area contributed by atoms with Crippen LogP contribution in [0.5, 0.6) is 0 Å². The van der Waals surface area contributed by atoms with Gasteiger partial charge < -0.3 is 13.6 Å². The van der Waals surface area contributed by atoms with E-state index in [4.69, 9.17) is 13.6 Å². The Hall–Kier alpha value is -0.203. The van der Waals surface area contributed by atoms with E-state index in [1.807, 2.05) is 0 Å². The van der Waals surface area contributed by atoms with E-state index in [9.17, 15) is 0 Å². The van der Waals surface area contributed by atoms with Crippen molar-refractivity contribution < 1.29 is 13.6 Å². The minimum Gasteiger partial charge on any atom is -0.394 e. The molecule has 49 heavy (non-hydrogen) atoms. The fourth-order valence-corrected chi connectivity index (χ4v) is 8.00. The number of ether oxygens (including phenoxy) is 1. The Morgan fingerprint density at radius 2 is 0.878 bits per heavy atom. The standard InChI is InChI=1S/C44H85BrO3Si/c1-5-7-9-11-13-15-17-19-21-23-25-27-29-31-34-38-42-46-44(48-49(3,4)47-43-39-35-33-37-41-45)40-36-32-30-28-26-24-22-20-18-16-14-12-10-8-6-2/h13,15,19-22,44H,5-12,14,16-18,23-43H2,1-4H3/b15-13-,21-19-,22-20-. The van der Waals surface area contributed by atoms with Crippen LogP contribution in [0.2, 0.25) is 13.1 Å². The van der Waals surface area contributed by atoms with Crippen LogP contribution in [0.15, 0.2) is 36.5 Å². The summed E-state index contributed by atoms with van der Waals surface area (Å²) in [6.45, 7) is 10.6. The number of hydrogen-bond acceptors (Lipinski definition) is 3. The molecular formula is C44H85BrO3Si. The molecule has 0 N–H and O–H groups in total. The average molecular weight is 770 g/mol. The molecule has 0 saturated heterocycles. The van der Waals surface area contributed by atoms with Gasteiger partial charge >= 0.3 is 8.56 Å². The number of halogens is 1. The third-order valence-electron chi connectivity index (χ3n) is 9.24. The zero-order chi connectivity index (χ0) is 35.8. The lowest BCUT2D eigenvalue weighted by atomic mass is 10.1. The van der Waals surface area contributed by atoms with E-state index in [0.717, 1.165) is 44.2 Å². The van der Waals surface area contributed by atoms with Crippen molar-refractivity contribution in [3.8, 4) is 0 Å². The summed E-state index contributed by atoms with van der Waals surface area (Å²) in [5, 5.41) is 1.10. The number of rotatable bonds is 40. The van der Waals surface area contributed by atoms with Gasteiger partial charge in [-0.1, -0.05) is 169 Å². The number of allylic oxidation sites excluding steroid dienone is 6. The minimum absolute atomic E-state index is 0.113. The number of unbranched alkanes of at least 4 members (excludes halogenated alkanes) is 23. The maximum Gasteiger partial charge on any atom is 0.333 e. The summed E-state index contributed by atoms with van der Waals surface area (Å²) in [7, 11) is -2.21. The predicted molar refractivity (Wildman–Crippen MR) is 225 cm³/mol. The summed E-state index contributed by atoms with van der Waals surface area (Å²) in [6, 6.07) is 0. The van der Waals surface area contributed by atoms with Crippen molar-refractivity contribution in [2.45, 2.75) is 226 Å². The third-order valence-corrected chi connectivity index (χ3v) is 11.5. The molecule has 0 rings (SSSR count).